The Labute approximate surface area is 161 Å². The molecule has 2 aromatic carbocycles. The number of benzene rings is 2. The van der Waals surface area contributed by atoms with Gasteiger partial charge in [0.25, 0.3) is 5.91 Å². The largest absolute Gasteiger partial charge is 0.481 e. The highest BCUT2D eigenvalue weighted by Gasteiger charge is 2.37. The van der Waals surface area contributed by atoms with Crippen LogP contribution in [-0.4, -0.2) is 51.9 Å². The van der Waals surface area contributed by atoms with Gasteiger partial charge in [0.05, 0.1) is 13.0 Å². The maximum Gasteiger partial charge on any atom is 0.335 e. The van der Waals surface area contributed by atoms with Gasteiger partial charge < -0.3 is 10.4 Å². The van der Waals surface area contributed by atoms with Gasteiger partial charge in [-0.05, 0) is 23.3 Å². The Kier molecular flexibility index (Phi) is 5.69. The maximum atomic E-state index is 12.4. The predicted molar refractivity (Wildman–Crippen MR) is 99.6 cm³/mol. The second-order valence-corrected chi connectivity index (χ2v) is 6.30. The quantitative estimate of drug-likeness (QED) is 0.825. The lowest BCUT2D eigenvalue weighted by Gasteiger charge is -2.17. The van der Waals surface area contributed by atoms with Crippen molar-refractivity contribution in [2.75, 3.05) is 13.1 Å². The molecule has 1 aliphatic heterocycles. The zero-order chi connectivity index (χ0) is 20.1. The van der Waals surface area contributed by atoms with Crippen LogP contribution in [0, 0.1) is 0 Å². The Morgan fingerprint density at radius 2 is 1.50 bits per heavy atom. The first-order valence-corrected chi connectivity index (χ1v) is 8.71. The van der Waals surface area contributed by atoms with Crippen LogP contribution in [0.2, 0.25) is 0 Å². The standard InChI is InChI=1S/C20H19N3O5/c24-17(25)12-14-6-8-15(9-7-14)13-21-19(27)23-11-10-22(20(23)28)18(26)16-4-2-1-3-5-16/h1-9H,10-13H2,(H,21,27)(H,24,25). The number of carboxylic acid groups (broad SMARTS) is 1. The topological polar surface area (TPSA) is 107 Å². The number of rotatable bonds is 5. The van der Waals surface area contributed by atoms with Crippen LogP contribution in [0.1, 0.15) is 21.5 Å². The molecule has 0 bridgehead atoms. The van der Waals surface area contributed by atoms with Crippen molar-refractivity contribution in [2.24, 2.45) is 0 Å². The van der Waals surface area contributed by atoms with E-state index in [9.17, 15) is 19.2 Å². The van der Waals surface area contributed by atoms with E-state index in [0.717, 1.165) is 15.4 Å². The average Bonchev–Trinajstić information content (AvgIpc) is 3.08. The smallest absolute Gasteiger partial charge is 0.335 e. The monoisotopic (exact) mass is 381 g/mol. The number of carboxylic acids is 1. The van der Waals surface area contributed by atoms with Crippen LogP contribution in [0.25, 0.3) is 0 Å². The fourth-order valence-electron chi connectivity index (χ4n) is 2.87. The van der Waals surface area contributed by atoms with E-state index < -0.39 is 23.9 Å². The van der Waals surface area contributed by atoms with Crippen LogP contribution in [0.15, 0.2) is 54.6 Å². The van der Waals surface area contributed by atoms with Gasteiger partial charge in [-0.15, -0.1) is 0 Å². The minimum Gasteiger partial charge on any atom is -0.481 e. The van der Waals surface area contributed by atoms with Gasteiger partial charge in [-0.1, -0.05) is 42.5 Å². The summed E-state index contributed by atoms with van der Waals surface area (Å²) in [7, 11) is 0. The number of hydrogen-bond acceptors (Lipinski definition) is 4. The van der Waals surface area contributed by atoms with Gasteiger partial charge in [0.15, 0.2) is 0 Å². The van der Waals surface area contributed by atoms with Crippen molar-refractivity contribution in [3.05, 3.63) is 71.3 Å². The summed E-state index contributed by atoms with van der Waals surface area (Å²) in [6, 6.07) is 14.0. The van der Waals surface area contributed by atoms with Crippen molar-refractivity contribution in [1.82, 2.24) is 15.1 Å². The summed E-state index contributed by atoms with van der Waals surface area (Å²) in [6.45, 7) is 0.452. The van der Waals surface area contributed by atoms with Crippen LogP contribution in [0.3, 0.4) is 0 Å². The molecule has 0 aliphatic carbocycles. The molecule has 0 unspecified atom stereocenters. The number of amides is 5. The SMILES string of the molecule is O=C(O)Cc1ccc(CNC(=O)N2CCN(C(=O)c3ccccc3)C2=O)cc1. The molecule has 0 spiro atoms. The first-order valence-electron chi connectivity index (χ1n) is 8.71. The molecule has 0 saturated carbocycles. The predicted octanol–water partition coefficient (Wildman–Crippen LogP) is 2.10. The van der Waals surface area contributed by atoms with Crippen LogP contribution in [0.5, 0.6) is 0 Å². The molecule has 28 heavy (non-hydrogen) atoms. The van der Waals surface area contributed by atoms with E-state index in [1.54, 1.807) is 54.6 Å². The Bertz CT molecular complexity index is 896. The minimum atomic E-state index is -0.914. The van der Waals surface area contributed by atoms with E-state index in [2.05, 4.69) is 5.32 Å². The van der Waals surface area contributed by atoms with Gasteiger partial charge in [0.1, 0.15) is 0 Å². The minimum absolute atomic E-state index is 0.0692. The van der Waals surface area contributed by atoms with Gasteiger partial charge in [0.2, 0.25) is 0 Å². The summed E-state index contributed by atoms with van der Waals surface area (Å²) < 4.78 is 0. The maximum absolute atomic E-state index is 12.4. The highest BCUT2D eigenvalue weighted by Crippen LogP contribution is 2.14. The molecule has 1 fully saturated rings. The molecule has 8 nitrogen and oxygen atoms in total. The van der Waals surface area contributed by atoms with Crippen molar-refractivity contribution in [1.29, 1.82) is 0 Å². The van der Waals surface area contributed by atoms with Crippen molar-refractivity contribution in [3.8, 4) is 0 Å². The van der Waals surface area contributed by atoms with Crippen molar-refractivity contribution in [2.45, 2.75) is 13.0 Å². The normalized spacial score (nSPS) is 13.5. The lowest BCUT2D eigenvalue weighted by atomic mass is 10.1. The van der Waals surface area contributed by atoms with E-state index in [1.807, 2.05) is 0 Å². The highest BCUT2D eigenvalue weighted by molar-refractivity contribution is 6.08. The number of carbonyl (C=O) groups is 4. The van der Waals surface area contributed by atoms with E-state index in [-0.39, 0.29) is 26.1 Å². The molecule has 1 saturated heterocycles. The zero-order valence-electron chi connectivity index (χ0n) is 15.0. The summed E-state index contributed by atoms with van der Waals surface area (Å²) in [5, 5.41) is 11.4. The Balaban J connectivity index is 1.56. The van der Waals surface area contributed by atoms with Crippen LogP contribution in [-0.2, 0) is 17.8 Å². The molecule has 144 valence electrons. The van der Waals surface area contributed by atoms with Crippen molar-refractivity contribution in [3.63, 3.8) is 0 Å². The molecule has 2 N–H and O–H groups in total. The van der Waals surface area contributed by atoms with Crippen molar-refractivity contribution < 1.29 is 24.3 Å². The molecule has 3 rings (SSSR count). The number of nitrogens with zero attached hydrogens (tertiary/aromatic N) is 2. The zero-order valence-corrected chi connectivity index (χ0v) is 15.0. The van der Waals surface area contributed by atoms with Crippen LogP contribution < -0.4 is 5.32 Å². The third-order valence-electron chi connectivity index (χ3n) is 4.34. The number of aliphatic carboxylic acids is 1. The molecule has 1 aliphatic rings. The van der Waals surface area contributed by atoms with E-state index >= 15 is 0 Å². The van der Waals surface area contributed by atoms with Gasteiger partial charge in [-0.25, -0.2) is 14.5 Å². The first-order chi connectivity index (χ1) is 13.5. The van der Waals surface area contributed by atoms with E-state index in [1.165, 1.54) is 0 Å². The van der Waals surface area contributed by atoms with Crippen LogP contribution >= 0.6 is 0 Å². The number of imide groups is 2. The lowest BCUT2D eigenvalue weighted by Crippen LogP contribution is -2.43. The molecule has 1 heterocycles. The number of carbonyl (C=O) groups excluding carboxylic acids is 3. The average molecular weight is 381 g/mol. The molecule has 8 heteroatoms. The van der Waals surface area contributed by atoms with Crippen molar-refractivity contribution >= 4 is 23.9 Å². The summed E-state index contributed by atoms with van der Waals surface area (Å²) in [5.74, 6) is -1.35. The van der Waals surface area contributed by atoms with E-state index in [4.69, 9.17) is 5.11 Å². The Morgan fingerprint density at radius 1 is 0.893 bits per heavy atom. The Morgan fingerprint density at radius 3 is 2.14 bits per heavy atom. The molecular weight excluding hydrogens is 362 g/mol. The summed E-state index contributed by atoms with van der Waals surface area (Å²) in [5.41, 5.74) is 1.82. The summed E-state index contributed by atoms with van der Waals surface area (Å²) in [4.78, 5) is 49.9. The third kappa shape index (κ3) is 4.35. The van der Waals surface area contributed by atoms with Gasteiger partial charge in [0, 0.05) is 18.7 Å². The van der Waals surface area contributed by atoms with Crippen LogP contribution in [0.4, 0.5) is 9.59 Å². The highest BCUT2D eigenvalue weighted by atomic mass is 16.4. The second kappa shape index (κ2) is 8.34. The first kappa shape index (κ1) is 19.1. The fraction of sp³-hybridized carbons (Fsp3) is 0.200. The number of hydrogen-bond donors (Lipinski definition) is 2. The molecule has 0 aromatic heterocycles. The Hall–Kier alpha value is -3.68. The molecule has 0 atom stereocenters. The lowest BCUT2D eigenvalue weighted by molar-refractivity contribution is -0.136. The van der Waals surface area contributed by atoms with Gasteiger partial charge in [-0.2, -0.15) is 0 Å². The summed E-state index contributed by atoms with van der Waals surface area (Å²) in [6.07, 6.45) is -0.0692. The second-order valence-electron chi connectivity index (χ2n) is 6.30. The third-order valence-corrected chi connectivity index (χ3v) is 4.34. The molecule has 5 amide bonds. The number of nitrogens with one attached hydrogen (secondary N) is 1. The molecule has 2 aromatic rings. The number of urea groups is 2. The van der Waals surface area contributed by atoms with Gasteiger partial charge in [-0.3, -0.25) is 14.5 Å². The molecule has 0 radical (unpaired) electrons. The van der Waals surface area contributed by atoms with E-state index in [0.29, 0.717) is 11.1 Å². The van der Waals surface area contributed by atoms with Gasteiger partial charge >= 0.3 is 18.0 Å². The summed E-state index contributed by atoms with van der Waals surface area (Å²) >= 11 is 0. The molecular formula is C20H19N3O5. The fourth-order valence-corrected chi connectivity index (χ4v) is 2.87.